The second-order valence-electron chi connectivity index (χ2n) is 6.67. The summed E-state index contributed by atoms with van der Waals surface area (Å²) in [6.45, 7) is 4.05. The number of fused-ring (bicyclic) bond motifs is 1. The Bertz CT molecular complexity index is 1190. The molecule has 0 saturated carbocycles. The number of anilines is 1. The van der Waals surface area contributed by atoms with Crippen molar-refractivity contribution >= 4 is 29.3 Å². The Labute approximate surface area is 177 Å². The Kier molecular flexibility index (Phi) is 5.62. The predicted molar refractivity (Wildman–Crippen MR) is 116 cm³/mol. The number of ether oxygens (including phenoxy) is 1. The minimum absolute atomic E-state index is 0.176. The largest absolute Gasteiger partial charge is 0.496 e. The topological polar surface area (TPSA) is 94.3 Å². The lowest BCUT2D eigenvalue weighted by molar-refractivity contribution is -0.113. The molecule has 0 aliphatic heterocycles. The number of thioether (sulfide) groups is 1. The summed E-state index contributed by atoms with van der Waals surface area (Å²) in [6.07, 6.45) is 5.17. The van der Waals surface area contributed by atoms with Crippen LogP contribution in [0.3, 0.4) is 0 Å². The van der Waals surface area contributed by atoms with Crippen molar-refractivity contribution in [2.45, 2.75) is 19.0 Å². The number of aromatic nitrogens is 5. The zero-order valence-electron chi connectivity index (χ0n) is 16.8. The minimum Gasteiger partial charge on any atom is -0.496 e. The number of nitrogens with one attached hydrogen (secondary N) is 1. The van der Waals surface area contributed by atoms with Crippen molar-refractivity contribution < 1.29 is 9.53 Å². The predicted octanol–water partition coefficient (Wildman–Crippen LogP) is 3.54. The number of pyridine rings is 1. The van der Waals surface area contributed by atoms with Crippen LogP contribution in [-0.4, -0.2) is 43.3 Å². The van der Waals surface area contributed by atoms with Gasteiger partial charge in [-0.25, -0.2) is 14.5 Å². The molecular formula is C21H20N6O2S. The molecule has 9 heteroatoms. The molecule has 0 aliphatic rings. The Balaban J connectivity index is 1.51. The van der Waals surface area contributed by atoms with Crippen LogP contribution in [0.5, 0.6) is 5.75 Å². The molecule has 0 aliphatic carbocycles. The van der Waals surface area contributed by atoms with Gasteiger partial charge in [0.25, 0.3) is 0 Å². The molecule has 0 bridgehead atoms. The number of amides is 1. The number of rotatable bonds is 6. The molecule has 0 spiro atoms. The smallest absolute Gasteiger partial charge is 0.249 e. The van der Waals surface area contributed by atoms with Gasteiger partial charge < -0.3 is 4.74 Å². The highest BCUT2D eigenvalue weighted by Crippen LogP contribution is 2.30. The van der Waals surface area contributed by atoms with Gasteiger partial charge in [-0.2, -0.15) is 4.98 Å². The zero-order chi connectivity index (χ0) is 21.1. The van der Waals surface area contributed by atoms with E-state index in [-0.39, 0.29) is 17.6 Å². The van der Waals surface area contributed by atoms with Crippen LogP contribution in [0.4, 0.5) is 5.95 Å². The third-order valence-corrected chi connectivity index (χ3v) is 5.33. The third kappa shape index (κ3) is 4.25. The molecule has 1 N–H and O–H groups in total. The van der Waals surface area contributed by atoms with Gasteiger partial charge in [-0.1, -0.05) is 11.8 Å². The van der Waals surface area contributed by atoms with E-state index in [9.17, 15) is 4.79 Å². The third-order valence-electron chi connectivity index (χ3n) is 4.45. The summed E-state index contributed by atoms with van der Waals surface area (Å²) in [5.74, 6) is 1.11. The molecule has 3 aromatic heterocycles. The summed E-state index contributed by atoms with van der Waals surface area (Å²) in [7, 11) is 1.68. The van der Waals surface area contributed by atoms with Crippen molar-refractivity contribution in [2.24, 2.45) is 0 Å². The zero-order valence-corrected chi connectivity index (χ0v) is 17.6. The monoisotopic (exact) mass is 420 g/mol. The van der Waals surface area contributed by atoms with Crippen LogP contribution in [0.25, 0.3) is 16.8 Å². The van der Waals surface area contributed by atoms with E-state index in [1.165, 1.54) is 11.8 Å². The molecule has 30 heavy (non-hydrogen) atoms. The first-order chi connectivity index (χ1) is 14.5. The number of methoxy groups -OCH3 is 1. The van der Waals surface area contributed by atoms with Crippen molar-refractivity contribution in [2.75, 3.05) is 18.2 Å². The van der Waals surface area contributed by atoms with Crippen LogP contribution < -0.4 is 10.1 Å². The number of carbonyl (C=O) groups is 1. The van der Waals surface area contributed by atoms with Crippen LogP contribution in [0.15, 0.2) is 54.1 Å². The number of hydrogen-bond donors (Lipinski definition) is 1. The standard InChI is InChI=1S/C21H20N6O2S/c1-13-9-16(10-14(2)19(13)29-3)15-5-6-17-24-20(26-27(17)11-15)25-18(28)12-30-21-22-7-4-8-23-21/h4-11H,12H2,1-3H3,(H,25,26,28). The highest BCUT2D eigenvalue weighted by molar-refractivity contribution is 7.99. The highest BCUT2D eigenvalue weighted by Gasteiger charge is 2.11. The van der Waals surface area contributed by atoms with Crippen molar-refractivity contribution in [3.63, 3.8) is 0 Å². The van der Waals surface area contributed by atoms with Crippen LogP contribution in [0.2, 0.25) is 0 Å². The second-order valence-corrected chi connectivity index (χ2v) is 7.61. The van der Waals surface area contributed by atoms with Crippen molar-refractivity contribution in [3.05, 3.63) is 60.0 Å². The average Bonchev–Trinajstić information content (AvgIpc) is 3.14. The maximum atomic E-state index is 12.2. The van der Waals surface area contributed by atoms with E-state index in [0.29, 0.717) is 10.8 Å². The lowest BCUT2D eigenvalue weighted by Crippen LogP contribution is -2.15. The quantitative estimate of drug-likeness (QED) is 0.377. The van der Waals surface area contributed by atoms with Gasteiger partial charge in [0.2, 0.25) is 11.9 Å². The van der Waals surface area contributed by atoms with Crippen LogP contribution in [-0.2, 0) is 4.79 Å². The molecule has 0 saturated heterocycles. The summed E-state index contributed by atoms with van der Waals surface area (Å²) in [4.78, 5) is 24.7. The fourth-order valence-corrected chi connectivity index (χ4v) is 3.80. The van der Waals surface area contributed by atoms with E-state index < -0.39 is 0 Å². The summed E-state index contributed by atoms with van der Waals surface area (Å²) in [5, 5.41) is 7.65. The first kappa shape index (κ1) is 19.8. The SMILES string of the molecule is COc1c(C)cc(-c2ccc3nc(NC(=O)CSc4ncccn4)nn3c2)cc1C. The maximum Gasteiger partial charge on any atom is 0.249 e. The molecule has 8 nitrogen and oxygen atoms in total. The fourth-order valence-electron chi connectivity index (χ4n) is 3.20. The van der Waals surface area contributed by atoms with Crippen molar-refractivity contribution in [1.82, 2.24) is 24.6 Å². The normalized spacial score (nSPS) is 10.9. The van der Waals surface area contributed by atoms with Gasteiger partial charge in [0.05, 0.1) is 12.9 Å². The maximum absolute atomic E-state index is 12.2. The first-order valence-corrected chi connectivity index (χ1v) is 10.2. The molecule has 1 amide bonds. The lowest BCUT2D eigenvalue weighted by atomic mass is 10.0. The van der Waals surface area contributed by atoms with Crippen molar-refractivity contribution in [3.8, 4) is 16.9 Å². The van der Waals surface area contributed by atoms with Gasteiger partial charge >= 0.3 is 0 Å². The van der Waals surface area contributed by atoms with Gasteiger partial charge in [-0.3, -0.25) is 10.1 Å². The van der Waals surface area contributed by atoms with E-state index >= 15 is 0 Å². The Morgan fingerprint density at radius 2 is 1.87 bits per heavy atom. The Morgan fingerprint density at radius 1 is 1.13 bits per heavy atom. The average molecular weight is 420 g/mol. The second kappa shape index (κ2) is 8.50. The number of aryl methyl sites for hydroxylation is 2. The molecule has 0 radical (unpaired) electrons. The fraction of sp³-hybridized carbons (Fsp3) is 0.190. The first-order valence-electron chi connectivity index (χ1n) is 9.25. The minimum atomic E-state index is -0.218. The van der Waals surface area contributed by atoms with Gasteiger partial charge in [0.15, 0.2) is 10.8 Å². The van der Waals surface area contributed by atoms with Gasteiger partial charge in [0.1, 0.15) is 5.75 Å². The van der Waals surface area contributed by atoms with Crippen LogP contribution in [0.1, 0.15) is 11.1 Å². The molecule has 4 rings (SSSR count). The molecule has 1 aromatic carbocycles. The number of nitrogens with zero attached hydrogens (tertiary/aromatic N) is 5. The number of benzene rings is 1. The molecule has 3 heterocycles. The highest BCUT2D eigenvalue weighted by atomic mass is 32.2. The summed E-state index contributed by atoms with van der Waals surface area (Å²) < 4.78 is 7.11. The Hall–Kier alpha value is -3.46. The van der Waals surface area contributed by atoms with Gasteiger partial charge in [0, 0.05) is 24.2 Å². The summed E-state index contributed by atoms with van der Waals surface area (Å²) in [6, 6.07) is 9.75. The Morgan fingerprint density at radius 3 is 2.57 bits per heavy atom. The van der Waals surface area contributed by atoms with E-state index in [1.54, 1.807) is 30.1 Å². The number of hydrogen-bond acceptors (Lipinski definition) is 7. The molecule has 0 atom stereocenters. The summed E-state index contributed by atoms with van der Waals surface area (Å²) in [5.41, 5.74) is 4.84. The molecule has 0 fully saturated rings. The van der Waals surface area contributed by atoms with Gasteiger partial charge in [-0.15, -0.1) is 5.10 Å². The molecule has 152 valence electrons. The van der Waals surface area contributed by atoms with E-state index in [0.717, 1.165) is 28.0 Å². The summed E-state index contributed by atoms with van der Waals surface area (Å²) >= 11 is 1.25. The molecule has 4 aromatic rings. The lowest BCUT2D eigenvalue weighted by Gasteiger charge is -2.11. The van der Waals surface area contributed by atoms with Crippen LogP contribution >= 0.6 is 11.8 Å². The van der Waals surface area contributed by atoms with E-state index in [4.69, 9.17) is 4.74 Å². The van der Waals surface area contributed by atoms with Crippen molar-refractivity contribution in [1.29, 1.82) is 0 Å². The van der Waals surface area contributed by atoms with E-state index in [2.05, 4.69) is 37.5 Å². The molecule has 0 unspecified atom stereocenters. The van der Waals surface area contributed by atoms with Crippen LogP contribution in [0, 0.1) is 13.8 Å². The molecular weight excluding hydrogens is 400 g/mol. The van der Waals surface area contributed by atoms with E-state index in [1.807, 2.05) is 32.2 Å². The van der Waals surface area contributed by atoms with Gasteiger partial charge in [-0.05, 0) is 60.9 Å². The number of carbonyl (C=O) groups excluding carboxylic acids is 1.